The Kier molecular flexibility index (Phi) is 4.17. The SMILES string of the molecule is Cc1ccc(C)c(C(=O)OCC(=O)N2CCCC2=O)c1. The first-order valence-corrected chi connectivity index (χ1v) is 6.56. The third-order valence-electron chi connectivity index (χ3n) is 3.31. The lowest BCUT2D eigenvalue weighted by Crippen LogP contribution is -2.35. The molecular weight excluding hydrogens is 258 g/mol. The number of rotatable bonds is 3. The summed E-state index contributed by atoms with van der Waals surface area (Å²) in [5, 5.41) is 0. The fraction of sp³-hybridized carbons (Fsp3) is 0.400. The largest absolute Gasteiger partial charge is 0.452 e. The highest BCUT2D eigenvalue weighted by Crippen LogP contribution is 2.13. The summed E-state index contributed by atoms with van der Waals surface area (Å²) >= 11 is 0. The van der Waals surface area contributed by atoms with Crippen molar-refractivity contribution in [2.75, 3.05) is 13.2 Å². The van der Waals surface area contributed by atoms with Crippen molar-refractivity contribution in [2.45, 2.75) is 26.7 Å². The van der Waals surface area contributed by atoms with Gasteiger partial charge in [0.1, 0.15) is 0 Å². The minimum absolute atomic E-state index is 0.196. The molecule has 1 heterocycles. The zero-order valence-corrected chi connectivity index (χ0v) is 11.6. The number of ether oxygens (including phenoxy) is 1. The topological polar surface area (TPSA) is 63.7 Å². The predicted molar refractivity (Wildman–Crippen MR) is 72.2 cm³/mol. The van der Waals surface area contributed by atoms with Crippen molar-refractivity contribution in [2.24, 2.45) is 0 Å². The molecule has 0 aromatic heterocycles. The van der Waals surface area contributed by atoms with Crippen molar-refractivity contribution in [3.05, 3.63) is 34.9 Å². The third-order valence-corrected chi connectivity index (χ3v) is 3.31. The molecule has 106 valence electrons. The molecule has 5 nitrogen and oxygen atoms in total. The number of imide groups is 1. The monoisotopic (exact) mass is 275 g/mol. The van der Waals surface area contributed by atoms with Crippen molar-refractivity contribution in [1.29, 1.82) is 0 Å². The van der Waals surface area contributed by atoms with Gasteiger partial charge in [0, 0.05) is 13.0 Å². The van der Waals surface area contributed by atoms with Crippen LogP contribution >= 0.6 is 0 Å². The van der Waals surface area contributed by atoms with Gasteiger partial charge < -0.3 is 4.74 Å². The summed E-state index contributed by atoms with van der Waals surface area (Å²) in [6, 6.07) is 5.46. The molecule has 2 rings (SSSR count). The molecule has 0 unspecified atom stereocenters. The average Bonchev–Trinajstić information content (AvgIpc) is 2.84. The Morgan fingerprint density at radius 1 is 1.30 bits per heavy atom. The zero-order valence-electron chi connectivity index (χ0n) is 11.6. The second-order valence-electron chi connectivity index (χ2n) is 4.94. The fourth-order valence-corrected chi connectivity index (χ4v) is 2.15. The summed E-state index contributed by atoms with van der Waals surface area (Å²) in [6.07, 6.45) is 1.06. The number of amides is 2. The van der Waals surface area contributed by atoms with Gasteiger partial charge in [-0.05, 0) is 31.9 Å². The predicted octanol–water partition coefficient (Wildman–Crippen LogP) is 1.61. The van der Waals surface area contributed by atoms with E-state index in [9.17, 15) is 14.4 Å². The van der Waals surface area contributed by atoms with Gasteiger partial charge in [-0.25, -0.2) is 4.79 Å². The van der Waals surface area contributed by atoms with Gasteiger partial charge in [0.15, 0.2) is 6.61 Å². The Balaban J connectivity index is 1.97. The second kappa shape index (κ2) is 5.86. The van der Waals surface area contributed by atoms with Crippen molar-refractivity contribution in [1.82, 2.24) is 4.90 Å². The highest BCUT2D eigenvalue weighted by atomic mass is 16.5. The van der Waals surface area contributed by atoms with Crippen LogP contribution in [0, 0.1) is 13.8 Å². The standard InChI is InChI=1S/C15H17NO4/c1-10-5-6-11(2)12(8-10)15(19)20-9-14(18)16-7-3-4-13(16)17/h5-6,8H,3-4,7,9H2,1-2H3. The second-order valence-corrected chi connectivity index (χ2v) is 4.94. The van der Waals surface area contributed by atoms with Gasteiger partial charge in [0.05, 0.1) is 5.56 Å². The third kappa shape index (κ3) is 3.04. The Labute approximate surface area is 117 Å². The van der Waals surface area contributed by atoms with E-state index < -0.39 is 18.5 Å². The summed E-state index contributed by atoms with van der Waals surface area (Å²) in [4.78, 5) is 36.3. The molecular formula is C15H17NO4. The molecule has 0 bridgehead atoms. The summed E-state index contributed by atoms with van der Waals surface area (Å²) in [5.74, 6) is -1.19. The number of likely N-dealkylation sites (tertiary alicyclic amines) is 1. The number of benzene rings is 1. The molecule has 0 radical (unpaired) electrons. The van der Waals surface area contributed by atoms with Crippen LogP contribution < -0.4 is 0 Å². The minimum atomic E-state index is -0.536. The van der Waals surface area contributed by atoms with Gasteiger partial charge in [0.25, 0.3) is 5.91 Å². The normalized spacial score (nSPS) is 14.5. The van der Waals surface area contributed by atoms with Crippen LogP contribution in [0.15, 0.2) is 18.2 Å². The molecule has 0 aliphatic carbocycles. The Bertz CT molecular complexity index is 565. The minimum Gasteiger partial charge on any atom is -0.452 e. The smallest absolute Gasteiger partial charge is 0.338 e. The lowest BCUT2D eigenvalue weighted by molar-refractivity contribution is -0.143. The molecule has 0 saturated carbocycles. The average molecular weight is 275 g/mol. The molecule has 0 atom stereocenters. The van der Waals surface area contributed by atoms with Crippen LogP contribution in [0.5, 0.6) is 0 Å². The Morgan fingerprint density at radius 3 is 2.70 bits per heavy atom. The van der Waals surface area contributed by atoms with Gasteiger partial charge in [-0.2, -0.15) is 0 Å². The quantitative estimate of drug-likeness (QED) is 0.786. The van der Waals surface area contributed by atoms with E-state index >= 15 is 0 Å². The molecule has 0 spiro atoms. The molecule has 5 heteroatoms. The molecule has 1 aliphatic rings. The summed E-state index contributed by atoms with van der Waals surface area (Å²) in [7, 11) is 0. The number of nitrogens with zero attached hydrogens (tertiary/aromatic N) is 1. The van der Waals surface area contributed by atoms with Crippen LogP contribution in [0.4, 0.5) is 0 Å². The maximum Gasteiger partial charge on any atom is 0.338 e. The van der Waals surface area contributed by atoms with E-state index in [0.717, 1.165) is 16.0 Å². The number of aryl methyl sites for hydroxylation is 2. The zero-order chi connectivity index (χ0) is 14.7. The van der Waals surface area contributed by atoms with Crippen molar-refractivity contribution in [3.8, 4) is 0 Å². The summed E-state index contributed by atoms with van der Waals surface area (Å²) in [5.41, 5.74) is 2.19. The molecule has 1 aliphatic heterocycles. The highest BCUT2D eigenvalue weighted by Gasteiger charge is 2.27. The van der Waals surface area contributed by atoms with E-state index in [-0.39, 0.29) is 5.91 Å². The van der Waals surface area contributed by atoms with E-state index in [1.54, 1.807) is 6.07 Å². The lowest BCUT2D eigenvalue weighted by atomic mass is 10.1. The van der Waals surface area contributed by atoms with Gasteiger partial charge in [-0.1, -0.05) is 17.7 Å². The molecule has 1 fully saturated rings. The van der Waals surface area contributed by atoms with Crippen LogP contribution in [0.2, 0.25) is 0 Å². The van der Waals surface area contributed by atoms with Gasteiger partial charge in [0.2, 0.25) is 5.91 Å². The molecule has 1 aromatic carbocycles. The van der Waals surface area contributed by atoms with Crippen LogP contribution in [-0.4, -0.2) is 35.8 Å². The van der Waals surface area contributed by atoms with Crippen molar-refractivity contribution >= 4 is 17.8 Å². The molecule has 20 heavy (non-hydrogen) atoms. The van der Waals surface area contributed by atoms with Crippen molar-refractivity contribution in [3.63, 3.8) is 0 Å². The number of esters is 1. The van der Waals surface area contributed by atoms with E-state index in [2.05, 4.69) is 0 Å². The van der Waals surface area contributed by atoms with Gasteiger partial charge in [-0.3, -0.25) is 14.5 Å². The first kappa shape index (κ1) is 14.2. The molecule has 1 saturated heterocycles. The van der Waals surface area contributed by atoms with Crippen molar-refractivity contribution < 1.29 is 19.1 Å². The number of hydrogen-bond acceptors (Lipinski definition) is 4. The van der Waals surface area contributed by atoms with E-state index in [1.807, 2.05) is 26.0 Å². The molecule has 2 amide bonds. The Morgan fingerprint density at radius 2 is 2.05 bits per heavy atom. The van der Waals surface area contributed by atoms with Gasteiger partial charge >= 0.3 is 5.97 Å². The summed E-state index contributed by atoms with van der Waals surface area (Å²) < 4.78 is 5.00. The molecule has 1 aromatic rings. The van der Waals surface area contributed by atoms with E-state index in [1.165, 1.54) is 0 Å². The highest BCUT2D eigenvalue weighted by molar-refractivity contribution is 5.99. The summed E-state index contributed by atoms with van der Waals surface area (Å²) in [6.45, 7) is 3.71. The van der Waals surface area contributed by atoms with Crippen LogP contribution in [0.3, 0.4) is 0 Å². The number of carbonyl (C=O) groups is 3. The van der Waals surface area contributed by atoms with E-state index in [0.29, 0.717) is 24.9 Å². The maximum atomic E-state index is 11.9. The van der Waals surface area contributed by atoms with Crippen LogP contribution in [0.1, 0.15) is 34.3 Å². The lowest BCUT2D eigenvalue weighted by Gasteiger charge is -2.13. The first-order chi connectivity index (χ1) is 9.49. The number of hydrogen-bond donors (Lipinski definition) is 0. The van der Waals surface area contributed by atoms with Crippen LogP contribution in [-0.2, 0) is 14.3 Å². The Hall–Kier alpha value is -2.17. The maximum absolute atomic E-state index is 11.9. The van der Waals surface area contributed by atoms with E-state index in [4.69, 9.17) is 4.74 Å². The molecule has 0 N–H and O–H groups in total. The fourth-order valence-electron chi connectivity index (χ4n) is 2.15. The number of carbonyl (C=O) groups excluding carboxylic acids is 3. The first-order valence-electron chi connectivity index (χ1n) is 6.56. The van der Waals surface area contributed by atoms with Gasteiger partial charge in [-0.15, -0.1) is 0 Å². The van der Waals surface area contributed by atoms with Crippen LogP contribution in [0.25, 0.3) is 0 Å².